The maximum atomic E-state index is 5.01. The third kappa shape index (κ3) is 4.33. The standard InChI is InChI=1S/C42H34N4/c1-5-15-27(6-2)39-43-40(28-16-9-7-10-17-28)45-41(44-39)29-22-23-31-33-25-34-32-20-13-14-21-37(32)46(30-18-11-8-12-19-30)38(34)26-36(33)42(3,4)35(31)24-29/h5-26H,1-4H3/b15-5-,27-6+. The molecule has 0 bridgehead atoms. The van der Waals surface area contributed by atoms with Crippen LogP contribution in [-0.4, -0.2) is 19.5 Å². The Balaban J connectivity index is 1.32. The molecule has 4 nitrogen and oxygen atoms in total. The summed E-state index contributed by atoms with van der Waals surface area (Å²) >= 11 is 0. The van der Waals surface area contributed by atoms with Crippen LogP contribution in [0.3, 0.4) is 0 Å². The fourth-order valence-corrected chi connectivity index (χ4v) is 7.02. The predicted octanol–water partition coefficient (Wildman–Crippen LogP) is 10.6. The summed E-state index contributed by atoms with van der Waals surface area (Å²) in [4.78, 5) is 14.9. The lowest BCUT2D eigenvalue weighted by molar-refractivity contribution is 0.661. The molecule has 0 spiro atoms. The van der Waals surface area contributed by atoms with Crippen molar-refractivity contribution in [1.29, 1.82) is 0 Å². The van der Waals surface area contributed by atoms with Gasteiger partial charge in [-0.25, -0.2) is 15.0 Å². The lowest BCUT2D eigenvalue weighted by Gasteiger charge is -2.22. The summed E-state index contributed by atoms with van der Waals surface area (Å²) in [5.41, 5.74) is 11.5. The molecule has 222 valence electrons. The van der Waals surface area contributed by atoms with Crippen molar-refractivity contribution in [3.63, 3.8) is 0 Å². The van der Waals surface area contributed by atoms with Crippen LogP contribution in [0.25, 0.3) is 67.0 Å². The molecule has 2 aromatic heterocycles. The van der Waals surface area contributed by atoms with Gasteiger partial charge in [0.2, 0.25) is 0 Å². The molecule has 1 aliphatic carbocycles. The van der Waals surface area contributed by atoms with Gasteiger partial charge in [-0.1, -0.05) is 111 Å². The molecule has 0 atom stereocenters. The third-order valence-corrected chi connectivity index (χ3v) is 9.32. The molecule has 2 heterocycles. The quantitative estimate of drug-likeness (QED) is 0.186. The van der Waals surface area contributed by atoms with E-state index in [1.165, 1.54) is 49.7 Å². The first kappa shape index (κ1) is 27.9. The van der Waals surface area contributed by atoms with Gasteiger partial charge in [0.25, 0.3) is 0 Å². The Morgan fingerprint density at radius 3 is 2.02 bits per heavy atom. The minimum atomic E-state index is -0.218. The highest BCUT2D eigenvalue weighted by molar-refractivity contribution is 6.11. The number of rotatable bonds is 5. The van der Waals surface area contributed by atoms with E-state index in [2.05, 4.69) is 103 Å². The van der Waals surface area contributed by atoms with Crippen LogP contribution in [0.1, 0.15) is 44.6 Å². The van der Waals surface area contributed by atoms with Crippen molar-refractivity contribution in [2.45, 2.75) is 33.1 Å². The van der Waals surface area contributed by atoms with Gasteiger partial charge in [-0.05, 0) is 72.5 Å². The number of nitrogens with zero attached hydrogens (tertiary/aromatic N) is 4. The molecule has 1 aliphatic rings. The van der Waals surface area contributed by atoms with E-state index < -0.39 is 0 Å². The summed E-state index contributed by atoms with van der Waals surface area (Å²) < 4.78 is 2.40. The first-order valence-corrected chi connectivity index (χ1v) is 15.9. The van der Waals surface area contributed by atoms with Crippen LogP contribution in [0.15, 0.2) is 133 Å². The summed E-state index contributed by atoms with van der Waals surface area (Å²) in [6.07, 6.45) is 6.11. The topological polar surface area (TPSA) is 43.6 Å². The summed E-state index contributed by atoms with van der Waals surface area (Å²) in [6, 6.07) is 41.1. The molecule has 0 fully saturated rings. The zero-order valence-corrected chi connectivity index (χ0v) is 26.5. The van der Waals surface area contributed by atoms with Gasteiger partial charge in [-0.2, -0.15) is 0 Å². The van der Waals surface area contributed by atoms with Crippen LogP contribution in [-0.2, 0) is 5.41 Å². The molecular weight excluding hydrogens is 560 g/mol. The number of para-hydroxylation sites is 2. The Labute approximate surface area is 269 Å². The van der Waals surface area contributed by atoms with E-state index in [-0.39, 0.29) is 5.41 Å². The molecule has 0 amide bonds. The van der Waals surface area contributed by atoms with Gasteiger partial charge >= 0.3 is 0 Å². The van der Waals surface area contributed by atoms with Gasteiger partial charge in [0.1, 0.15) is 0 Å². The van der Waals surface area contributed by atoms with Crippen LogP contribution >= 0.6 is 0 Å². The number of hydrogen-bond donors (Lipinski definition) is 0. The highest BCUT2D eigenvalue weighted by atomic mass is 15.0. The number of allylic oxidation sites excluding steroid dienone is 4. The van der Waals surface area contributed by atoms with Crippen molar-refractivity contribution in [2.24, 2.45) is 0 Å². The van der Waals surface area contributed by atoms with E-state index in [0.717, 1.165) is 16.7 Å². The Morgan fingerprint density at radius 1 is 0.609 bits per heavy atom. The van der Waals surface area contributed by atoms with Gasteiger partial charge in [0.15, 0.2) is 17.5 Å². The molecule has 5 aromatic carbocycles. The van der Waals surface area contributed by atoms with E-state index in [1.54, 1.807) is 0 Å². The molecule has 0 aliphatic heterocycles. The summed E-state index contributed by atoms with van der Waals surface area (Å²) in [5.74, 6) is 2.01. The summed E-state index contributed by atoms with van der Waals surface area (Å²) in [7, 11) is 0. The zero-order valence-electron chi connectivity index (χ0n) is 26.5. The second kappa shape index (κ2) is 10.8. The number of hydrogen-bond acceptors (Lipinski definition) is 3. The number of benzene rings is 5. The summed E-state index contributed by atoms with van der Waals surface area (Å²) in [5, 5.41) is 2.53. The monoisotopic (exact) mass is 594 g/mol. The second-order valence-corrected chi connectivity index (χ2v) is 12.4. The smallest absolute Gasteiger partial charge is 0.164 e. The fourth-order valence-electron chi connectivity index (χ4n) is 7.02. The van der Waals surface area contributed by atoms with Gasteiger partial charge in [0.05, 0.1) is 11.0 Å². The minimum Gasteiger partial charge on any atom is -0.309 e. The van der Waals surface area contributed by atoms with Crippen molar-refractivity contribution in [3.8, 4) is 39.6 Å². The molecule has 4 heteroatoms. The first-order valence-electron chi connectivity index (χ1n) is 15.9. The normalized spacial score (nSPS) is 13.9. The highest BCUT2D eigenvalue weighted by Gasteiger charge is 2.37. The zero-order chi connectivity index (χ0) is 31.4. The average molecular weight is 595 g/mol. The maximum Gasteiger partial charge on any atom is 0.164 e. The van der Waals surface area contributed by atoms with Crippen LogP contribution in [0.2, 0.25) is 0 Å². The lowest BCUT2D eigenvalue weighted by atomic mass is 9.81. The molecule has 0 unspecified atom stereocenters. The molecular formula is C42H34N4. The van der Waals surface area contributed by atoms with Crippen LogP contribution in [0, 0.1) is 0 Å². The van der Waals surface area contributed by atoms with Crippen molar-refractivity contribution in [3.05, 3.63) is 150 Å². The van der Waals surface area contributed by atoms with Crippen molar-refractivity contribution in [1.82, 2.24) is 19.5 Å². The Kier molecular flexibility index (Phi) is 6.54. The molecule has 0 N–H and O–H groups in total. The van der Waals surface area contributed by atoms with E-state index in [9.17, 15) is 0 Å². The molecule has 8 rings (SSSR count). The molecule has 0 radical (unpaired) electrons. The van der Waals surface area contributed by atoms with E-state index >= 15 is 0 Å². The fraction of sp³-hybridized carbons (Fsp3) is 0.119. The van der Waals surface area contributed by atoms with Crippen LogP contribution in [0.4, 0.5) is 0 Å². The molecule has 0 saturated heterocycles. The second-order valence-electron chi connectivity index (χ2n) is 12.4. The lowest BCUT2D eigenvalue weighted by Crippen LogP contribution is -2.15. The summed E-state index contributed by atoms with van der Waals surface area (Å²) in [6.45, 7) is 8.70. The molecule has 0 saturated carbocycles. The first-order chi connectivity index (χ1) is 22.5. The van der Waals surface area contributed by atoms with E-state index in [4.69, 9.17) is 15.0 Å². The number of fused-ring (bicyclic) bond motifs is 6. The Hall–Kier alpha value is -5.61. The van der Waals surface area contributed by atoms with Crippen molar-refractivity contribution in [2.75, 3.05) is 0 Å². The van der Waals surface area contributed by atoms with Crippen molar-refractivity contribution < 1.29 is 0 Å². The largest absolute Gasteiger partial charge is 0.309 e. The van der Waals surface area contributed by atoms with Crippen LogP contribution < -0.4 is 0 Å². The van der Waals surface area contributed by atoms with E-state index in [0.29, 0.717) is 17.5 Å². The molecule has 7 aromatic rings. The van der Waals surface area contributed by atoms with E-state index in [1.807, 2.05) is 62.4 Å². The Morgan fingerprint density at radius 2 is 1.28 bits per heavy atom. The van der Waals surface area contributed by atoms with Gasteiger partial charge in [0, 0.05) is 38.6 Å². The Bertz CT molecular complexity index is 2340. The van der Waals surface area contributed by atoms with Gasteiger partial charge < -0.3 is 4.57 Å². The molecule has 46 heavy (non-hydrogen) atoms. The third-order valence-electron chi connectivity index (χ3n) is 9.32. The van der Waals surface area contributed by atoms with Crippen LogP contribution in [0.5, 0.6) is 0 Å². The number of aromatic nitrogens is 4. The average Bonchev–Trinajstić information content (AvgIpc) is 3.54. The SMILES string of the molecule is C/C=C\C(=C/C)c1nc(-c2ccccc2)nc(-c2ccc3c(c2)C(C)(C)c2cc4c(cc2-3)c2ccccc2n4-c2ccccc2)n1. The predicted molar refractivity (Wildman–Crippen MR) is 191 cm³/mol. The highest BCUT2D eigenvalue weighted by Crippen LogP contribution is 2.51. The van der Waals surface area contributed by atoms with Crippen molar-refractivity contribution >= 4 is 27.4 Å². The maximum absolute atomic E-state index is 5.01. The van der Waals surface area contributed by atoms with Gasteiger partial charge in [-0.3, -0.25) is 0 Å². The minimum absolute atomic E-state index is 0.218. The van der Waals surface area contributed by atoms with Gasteiger partial charge in [-0.15, -0.1) is 0 Å².